The Morgan fingerprint density at radius 1 is 1.22 bits per heavy atom. The van der Waals surface area contributed by atoms with Crippen molar-refractivity contribution in [3.05, 3.63) is 41.5 Å². The molecular formula is C15H18O3. The van der Waals surface area contributed by atoms with Crippen LogP contribution in [-0.2, 0) is 0 Å². The number of carbonyl (C=O) groups excluding carboxylic acids is 1. The summed E-state index contributed by atoms with van der Waals surface area (Å²) < 4.78 is 10.6. The molecule has 0 N–H and O–H groups in total. The van der Waals surface area contributed by atoms with Gasteiger partial charge >= 0.3 is 0 Å². The molecule has 0 spiro atoms. The highest BCUT2D eigenvalue weighted by Gasteiger charge is 2.15. The van der Waals surface area contributed by atoms with Crippen molar-refractivity contribution >= 4 is 11.9 Å². The second-order valence-electron chi connectivity index (χ2n) is 4.00. The number of methoxy groups -OCH3 is 2. The zero-order valence-corrected chi connectivity index (χ0v) is 11.2. The van der Waals surface area contributed by atoms with Gasteiger partial charge in [0.25, 0.3) is 0 Å². The first kappa shape index (κ1) is 14.0. The number of ether oxygens (including phenoxy) is 2. The van der Waals surface area contributed by atoms with Crippen molar-refractivity contribution in [1.82, 2.24) is 0 Å². The minimum atomic E-state index is -0.0421. The number of carbonyl (C=O) groups is 1. The van der Waals surface area contributed by atoms with Crippen molar-refractivity contribution in [3.63, 3.8) is 0 Å². The average molecular weight is 246 g/mol. The first-order chi connectivity index (χ1) is 8.51. The largest absolute Gasteiger partial charge is 0.496 e. The van der Waals surface area contributed by atoms with Crippen LogP contribution in [0.4, 0.5) is 0 Å². The summed E-state index contributed by atoms with van der Waals surface area (Å²) in [7, 11) is 3.12. The summed E-state index contributed by atoms with van der Waals surface area (Å²) in [6.07, 6.45) is 3.69. The highest BCUT2D eigenvalue weighted by molar-refractivity contribution is 5.98. The molecule has 0 unspecified atom stereocenters. The molecule has 0 saturated heterocycles. The highest BCUT2D eigenvalue weighted by atomic mass is 16.5. The lowest BCUT2D eigenvalue weighted by atomic mass is 10.0. The molecule has 0 aromatic heterocycles. The molecule has 0 aliphatic carbocycles. The summed E-state index contributed by atoms with van der Waals surface area (Å²) >= 11 is 0. The Morgan fingerprint density at radius 3 is 2.33 bits per heavy atom. The monoisotopic (exact) mass is 246 g/mol. The summed E-state index contributed by atoms with van der Waals surface area (Å²) in [4.78, 5) is 11.6. The van der Waals surface area contributed by atoms with Crippen LogP contribution in [0.2, 0.25) is 0 Å². The first-order valence-corrected chi connectivity index (χ1v) is 5.60. The molecule has 0 amide bonds. The standard InChI is InChI=1S/C15H18O3/c1-10(2)6-7-13-14(17-4)9-8-12(11(3)16)15(13)18-5/h6-9H,1H2,2-5H3. The Labute approximate surface area is 108 Å². The van der Waals surface area contributed by atoms with Gasteiger partial charge < -0.3 is 9.47 Å². The van der Waals surface area contributed by atoms with E-state index in [4.69, 9.17) is 9.47 Å². The van der Waals surface area contributed by atoms with Gasteiger partial charge in [-0.1, -0.05) is 18.2 Å². The first-order valence-electron chi connectivity index (χ1n) is 5.60. The number of allylic oxidation sites excluding steroid dienone is 2. The van der Waals surface area contributed by atoms with Gasteiger partial charge in [-0.3, -0.25) is 4.79 Å². The maximum absolute atomic E-state index is 11.6. The Bertz CT molecular complexity index is 499. The predicted molar refractivity (Wildman–Crippen MR) is 73.4 cm³/mol. The van der Waals surface area contributed by atoms with Gasteiger partial charge in [0.2, 0.25) is 0 Å². The van der Waals surface area contributed by atoms with E-state index in [9.17, 15) is 4.79 Å². The molecule has 96 valence electrons. The van der Waals surface area contributed by atoms with Crippen LogP contribution in [-0.4, -0.2) is 20.0 Å². The van der Waals surface area contributed by atoms with Crippen molar-refractivity contribution in [1.29, 1.82) is 0 Å². The third kappa shape index (κ3) is 3.00. The summed E-state index contributed by atoms with van der Waals surface area (Å²) in [5, 5.41) is 0. The van der Waals surface area contributed by atoms with Gasteiger partial charge in [-0.15, -0.1) is 0 Å². The lowest BCUT2D eigenvalue weighted by Gasteiger charge is -2.13. The zero-order chi connectivity index (χ0) is 13.7. The second-order valence-corrected chi connectivity index (χ2v) is 4.00. The Kier molecular flexibility index (Phi) is 4.72. The summed E-state index contributed by atoms with van der Waals surface area (Å²) in [6, 6.07) is 3.47. The Hall–Kier alpha value is -2.03. The van der Waals surface area contributed by atoms with Crippen LogP contribution in [0.15, 0.2) is 30.4 Å². The van der Waals surface area contributed by atoms with Gasteiger partial charge in [0, 0.05) is 0 Å². The van der Waals surface area contributed by atoms with Crippen LogP contribution >= 0.6 is 0 Å². The van der Waals surface area contributed by atoms with E-state index in [1.807, 2.05) is 19.1 Å². The van der Waals surface area contributed by atoms with E-state index in [1.165, 1.54) is 6.92 Å². The van der Waals surface area contributed by atoms with Gasteiger partial charge in [0.15, 0.2) is 5.78 Å². The SMILES string of the molecule is C=C(C)C=Cc1c(OC)ccc(C(C)=O)c1OC. The number of ketones is 1. The smallest absolute Gasteiger partial charge is 0.163 e. The van der Waals surface area contributed by atoms with Crippen molar-refractivity contribution in [3.8, 4) is 11.5 Å². The lowest BCUT2D eigenvalue weighted by Crippen LogP contribution is -2.01. The molecule has 0 radical (unpaired) electrons. The fourth-order valence-corrected chi connectivity index (χ4v) is 1.64. The normalized spacial score (nSPS) is 10.4. The molecule has 3 nitrogen and oxygen atoms in total. The zero-order valence-electron chi connectivity index (χ0n) is 11.2. The van der Waals surface area contributed by atoms with Crippen molar-refractivity contribution in [2.45, 2.75) is 13.8 Å². The van der Waals surface area contributed by atoms with E-state index in [1.54, 1.807) is 26.4 Å². The van der Waals surface area contributed by atoms with E-state index < -0.39 is 0 Å². The Morgan fingerprint density at radius 2 is 1.89 bits per heavy atom. The van der Waals surface area contributed by atoms with Gasteiger partial charge in [0.05, 0.1) is 25.3 Å². The average Bonchev–Trinajstić information content (AvgIpc) is 2.34. The molecule has 18 heavy (non-hydrogen) atoms. The number of hydrogen-bond acceptors (Lipinski definition) is 3. The summed E-state index contributed by atoms with van der Waals surface area (Å²) in [5.41, 5.74) is 2.20. The molecule has 1 aromatic carbocycles. The van der Waals surface area contributed by atoms with Crippen LogP contribution in [0, 0.1) is 0 Å². The third-order valence-electron chi connectivity index (χ3n) is 2.49. The fourth-order valence-electron chi connectivity index (χ4n) is 1.64. The fraction of sp³-hybridized carbons (Fsp3) is 0.267. The lowest BCUT2D eigenvalue weighted by molar-refractivity contribution is 0.101. The third-order valence-corrected chi connectivity index (χ3v) is 2.49. The number of rotatable bonds is 5. The quantitative estimate of drug-likeness (QED) is 0.589. The van der Waals surface area contributed by atoms with Gasteiger partial charge in [-0.05, 0) is 32.1 Å². The van der Waals surface area contributed by atoms with E-state index >= 15 is 0 Å². The Balaban J connectivity index is 3.46. The van der Waals surface area contributed by atoms with Crippen molar-refractivity contribution in [2.75, 3.05) is 14.2 Å². The second kappa shape index (κ2) is 6.05. The number of hydrogen-bond donors (Lipinski definition) is 0. The summed E-state index contributed by atoms with van der Waals surface area (Å²) in [6.45, 7) is 7.21. The van der Waals surface area contributed by atoms with Gasteiger partial charge in [-0.25, -0.2) is 0 Å². The van der Waals surface area contributed by atoms with Crippen LogP contribution in [0.3, 0.4) is 0 Å². The minimum Gasteiger partial charge on any atom is -0.496 e. The van der Waals surface area contributed by atoms with E-state index in [0.717, 1.165) is 11.1 Å². The van der Waals surface area contributed by atoms with E-state index in [-0.39, 0.29) is 5.78 Å². The number of benzene rings is 1. The summed E-state index contributed by atoms with van der Waals surface area (Å²) in [5.74, 6) is 1.15. The highest BCUT2D eigenvalue weighted by Crippen LogP contribution is 2.33. The van der Waals surface area contributed by atoms with E-state index in [2.05, 4.69) is 6.58 Å². The maximum atomic E-state index is 11.6. The minimum absolute atomic E-state index is 0.0421. The molecule has 0 saturated carbocycles. The predicted octanol–water partition coefficient (Wildman–Crippen LogP) is 3.50. The molecule has 0 fully saturated rings. The van der Waals surface area contributed by atoms with Crippen LogP contribution in [0.1, 0.15) is 29.8 Å². The molecule has 3 heteroatoms. The van der Waals surface area contributed by atoms with Crippen LogP contribution in [0.5, 0.6) is 11.5 Å². The molecular weight excluding hydrogens is 228 g/mol. The molecule has 1 rings (SSSR count). The van der Waals surface area contributed by atoms with Crippen LogP contribution < -0.4 is 9.47 Å². The van der Waals surface area contributed by atoms with E-state index in [0.29, 0.717) is 17.1 Å². The molecule has 0 aliphatic heterocycles. The molecule has 0 atom stereocenters. The number of Topliss-reactive ketones (excluding diaryl/α,β-unsaturated/α-hetero) is 1. The molecule has 0 aliphatic rings. The van der Waals surface area contributed by atoms with Crippen molar-refractivity contribution < 1.29 is 14.3 Å². The molecule has 0 bridgehead atoms. The van der Waals surface area contributed by atoms with Gasteiger partial charge in [0.1, 0.15) is 11.5 Å². The maximum Gasteiger partial charge on any atom is 0.163 e. The molecule has 1 aromatic rings. The van der Waals surface area contributed by atoms with Crippen LogP contribution in [0.25, 0.3) is 6.08 Å². The van der Waals surface area contributed by atoms with Gasteiger partial charge in [-0.2, -0.15) is 0 Å². The topological polar surface area (TPSA) is 35.5 Å². The van der Waals surface area contributed by atoms with Crippen molar-refractivity contribution in [2.24, 2.45) is 0 Å². The molecule has 0 heterocycles.